The molecule has 0 saturated carbocycles. The average molecular weight is 308 g/mol. The van der Waals surface area contributed by atoms with Crippen molar-refractivity contribution in [2.45, 2.75) is 42.7 Å². The number of benzene rings is 1. The summed E-state index contributed by atoms with van der Waals surface area (Å²) in [4.78, 5) is 15.2. The van der Waals surface area contributed by atoms with Crippen molar-refractivity contribution < 1.29 is 9.18 Å². The Labute approximate surface area is 129 Å². The molecule has 3 rings (SSSR count). The van der Waals surface area contributed by atoms with Gasteiger partial charge in [0.05, 0.1) is 0 Å². The summed E-state index contributed by atoms with van der Waals surface area (Å²) in [5.74, 6) is 0.674. The van der Waals surface area contributed by atoms with E-state index >= 15 is 0 Å². The van der Waals surface area contributed by atoms with Crippen molar-refractivity contribution in [1.29, 1.82) is 0 Å². The van der Waals surface area contributed by atoms with Gasteiger partial charge in [-0.05, 0) is 37.9 Å². The third kappa shape index (κ3) is 3.40. The van der Waals surface area contributed by atoms with Gasteiger partial charge in [0.2, 0.25) is 5.91 Å². The first-order valence-corrected chi connectivity index (χ1v) is 8.63. The van der Waals surface area contributed by atoms with E-state index in [9.17, 15) is 9.18 Å². The molecule has 2 saturated heterocycles. The second-order valence-electron chi connectivity index (χ2n) is 5.71. The van der Waals surface area contributed by atoms with Crippen molar-refractivity contribution in [2.75, 3.05) is 18.8 Å². The molecule has 3 nitrogen and oxygen atoms in total. The van der Waals surface area contributed by atoms with E-state index in [2.05, 4.69) is 10.2 Å². The number of rotatable bonds is 4. The van der Waals surface area contributed by atoms with E-state index in [1.165, 1.54) is 17.8 Å². The maximum absolute atomic E-state index is 13.5. The molecule has 2 fully saturated rings. The predicted molar refractivity (Wildman–Crippen MR) is 82.9 cm³/mol. The summed E-state index contributed by atoms with van der Waals surface area (Å²) < 4.78 is 13.5. The SMILES string of the molecule is O=C(CCSc1ccccc1F)N1C2CCNCC1CC2. The Morgan fingerprint density at radius 2 is 2.10 bits per heavy atom. The molecular weight excluding hydrogens is 287 g/mol. The van der Waals surface area contributed by atoms with Crippen LogP contribution in [-0.2, 0) is 4.79 Å². The summed E-state index contributed by atoms with van der Waals surface area (Å²) in [7, 11) is 0. The van der Waals surface area contributed by atoms with Gasteiger partial charge in [0.15, 0.2) is 0 Å². The lowest BCUT2D eigenvalue weighted by atomic mass is 10.1. The van der Waals surface area contributed by atoms with Gasteiger partial charge in [0.1, 0.15) is 5.82 Å². The molecule has 2 unspecified atom stereocenters. The van der Waals surface area contributed by atoms with Crippen LogP contribution >= 0.6 is 11.8 Å². The molecule has 2 aliphatic rings. The Hall–Kier alpha value is -1.07. The van der Waals surface area contributed by atoms with Crippen molar-refractivity contribution in [3.05, 3.63) is 30.1 Å². The number of carbonyl (C=O) groups excluding carboxylic acids is 1. The van der Waals surface area contributed by atoms with Crippen molar-refractivity contribution >= 4 is 17.7 Å². The number of nitrogens with zero attached hydrogens (tertiary/aromatic N) is 1. The molecule has 0 aromatic heterocycles. The first kappa shape index (κ1) is 14.9. The fourth-order valence-corrected chi connectivity index (χ4v) is 4.21. The Bertz CT molecular complexity index is 497. The number of halogens is 1. The fourth-order valence-electron chi connectivity index (χ4n) is 3.33. The third-order valence-corrected chi connectivity index (χ3v) is 5.40. The number of amides is 1. The lowest BCUT2D eigenvalue weighted by molar-refractivity contribution is -0.133. The van der Waals surface area contributed by atoms with Gasteiger partial charge in [0.25, 0.3) is 0 Å². The van der Waals surface area contributed by atoms with Crippen LogP contribution in [0.3, 0.4) is 0 Å². The number of thioether (sulfide) groups is 1. The van der Waals surface area contributed by atoms with Crippen molar-refractivity contribution in [3.63, 3.8) is 0 Å². The highest BCUT2D eigenvalue weighted by Crippen LogP contribution is 2.29. The molecule has 1 N–H and O–H groups in total. The van der Waals surface area contributed by atoms with Crippen LogP contribution < -0.4 is 5.32 Å². The van der Waals surface area contributed by atoms with Crippen LogP contribution in [0.1, 0.15) is 25.7 Å². The van der Waals surface area contributed by atoms with Crippen LogP contribution in [0.15, 0.2) is 29.2 Å². The number of hydrogen-bond acceptors (Lipinski definition) is 3. The molecule has 2 heterocycles. The zero-order chi connectivity index (χ0) is 14.7. The van der Waals surface area contributed by atoms with Crippen LogP contribution in [0.2, 0.25) is 0 Å². The molecule has 2 atom stereocenters. The van der Waals surface area contributed by atoms with Crippen LogP contribution in [0.25, 0.3) is 0 Å². The topological polar surface area (TPSA) is 32.3 Å². The molecule has 1 amide bonds. The molecule has 0 radical (unpaired) electrons. The molecule has 2 bridgehead atoms. The number of fused-ring (bicyclic) bond motifs is 2. The van der Waals surface area contributed by atoms with Crippen LogP contribution in [0, 0.1) is 5.82 Å². The number of hydrogen-bond donors (Lipinski definition) is 1. The lowest BCUT2D eigenvalue weighted by Gasteiger charge is -2.28. The maximum Gasteiger partial charge on any atom is 0.223 e. The predicted octanol–water partition coefficient (Wildman–Crippen LogP) is 2.66. The highest BCUT2D eigenvalue weighted by molar-refractivity contribution is 7.99. The monoisotopic (exact) mass is 308 g/mol. The van der Waals surface area contributed by atoms with Gasteiger partial charge in [-0.25, -0.2) is 4.39 Å². The largest absolute Gasteiger partial charge is 0.335 e. The smallest absolute Gasteiger partial charge is 0.223 e. The van der Waals surface area contributed by atoms with E-state index in [4.69, 9.17) is 0 Å². The van der Waals surface area contributed by atoms with Crippen LogP contribution in [0.5, 0.6) is 0 Å². The van der Waals surface area contributed by atoms with E-state index in [0.29, 0.717) is 29.2 Å². The summed E-state index contributed by atoms with van der Waals surface area (Å²) in [6, 6.07) is 7.52. The second-order valence-corrected chi connectivity index (χ2v) is 6.84. The van der Waals surface area contributed by atoms with E-state index < -0.39 is 0 Å². The van der Waals surface area contributed by atoms with Gasteiger partial charge in [-0.1, -0.05) is 12.1 Å². The highest BCUT2D eigenvalue weighted by atomic mass is 32.2. The quantitative estimate of drug-likeness (QED) is 0.868. The normalized spacial score (nSPS) is 24.9. The minimum Gasteiger partial charge on any atom is -0.335 e. The first-order valence-electron chi connectivity index (χ1n) is 7.65. The first-order chi connectivity index (χ1) is 10.3. The van der Waals surface area contributed by atoms with E-state index in [-0.39, 0.29) is 11.7 Å². The Morgan fingerprint density at radius 3 is 2.95 bits per heavy atom. The summed E-state index contributed by atoms with van der Waals surface area (Å²) in [6.07, 6.45) is 3.80. The number of nitrogens with one attached hydrogen (secondary N) is 1. The van der Waals surface area contributed by atoms with Crippen molar-refractivity contribution in [1.82, 2.24) is 10.2 Å². The number of carbonyl (C=O) groups is 1. The van der Waals surface area contributed by atoms with Crippen LogP contribution in [0.4, 0.5) is 4.39 Å². The van der Waals surface area contributed by atoms with Crippen molar-refractivity contribution in [3.8, 4) is 0 Å². The summed E-state index contributed by atoms with van der Waals surface area (Å²) >= 11 is 1.43. The third-order valence-electron chi connectivity index (χ3n) is 4.35. The molecule has 1 aromatic rings. The van der Waals surface area contributed by atoms with Gasteiger partial charge in [-0.2, -0.15) is 0 Å². The van der Waals surface area contributed by atoms with Gasteiger partial charge >= 0.3 is 0 Å². The molecule has 2 aliphatic heterocycles. The van der Waals surface area contributed by atoms with Gasteiger partial charge in [0, 0.05) is 35.7 Å². The minimum atomic E-state index is -0.200. The molecular formula is C16H21FN2OS. The minimum absolute atomic E-state index is 0.200. The fraction of sp³-hybridized carbons (Fsp3) is 0.562. The van der Waals surface area contributed by atoms with E-state index in [1.807, 2.05) is 6.07 Å². The lowest BCUT2D eigenvalue weighted by Crippen LogP contribution is -2.42. The standard InChI is InChI=1S/C16H21FN2OS/c17-14-3-1-2-4-15(14)21-10-8-16(20)19-12-5-6-13(19)11-18-9-7-12/h1-4,12-13,18H,5-11H2. The molecule has 114 valence electrons. The maximum atomic E-state index is 13.5. The Morgan fingerprint density at radius 1 is 1.29 bits per heavy atom. The van der Waals surface area contributed by atoms with Crippen molar-refractivity contribution in [2.24, 2.45) is 0 Å². The Balaban J connectivity index is 1.53. The molecule has 0 aliphatic carbocycles. The van der Waals surface area contributed by atoms with E-state index in [0.717, 1.165) is 32.4 Å². The summed E-state index contributed by atoms with van der Waals surface area (Å²) in [6.45, 7) is 1.93. The zero-order valence-corrected chi connectivity index (χ0v) is 12.9. The zero-order valence-electron chi connectivity index (χ0n) is 12.1. The average Bonchev–Trinajstić information content (AvgIpc) is 2.74. The molecule has 0 spiro atoms. The molecule has 1 aromatic carbocycles. The summed E-state index contributed by atoms with van der Waals surface area (Å²) in [5, 5.41) is 3.40. The Kier molecular flexibility index (Phi) is 4.80. The molecule has 21 heavy (non-hydrogen) atoms. The second kappa shape index (κ2) is 6.79. The van der Waals surface area contributed by atoms with Crippen LogP contribution in [-0.4, -0.2) is 41.7 Å². The molecule has 5 heteroatoms. The van der Waals surface area contributed by atoms with Gasteiger partial charge < -0.3 is 10.2 Å². The highest BCUT2D eigenvalue weighted by Gasteiger charge is 2.37. The summed E-state index contributed by atoms with van der Waals surface area (Å²) in [5.41, 5.74) is 0. The van der Waals surface area contributed by atoms with Gasteiger partial charge in [-0.15, -0.1) is 11.8 Å². The van der Waals surface area contributed by atoms with E-state index in [1.54, 1.807) is 12.1 Å². The van der Waals surface area contributed by atoms with Gasteiger partial charge in [-0.3, -0.25) is 4.79 Å².